The molecule has 0 unspecified atom stereocenters. The summed E-state index contributed by atoms with van der Waals surface area (Å²) in [5, 5.41) is 0.872. The number of nitrogen functional groups attached to an aromatic ring is 1. The van der Waals surface area contributed by atoms with Gasteiger partial charge in [0, 0.05) is 24.1 Å². The van der Waals surface area contributed by atoms with Gasteiger partial charge in [-0.3, -0.25) is 4.79 Å². The highest BCUT2D eigenvalue weighted by Gasteiger charge is 2.09. The molecule has 0 radical (unpaired) electrons. The number of Topliss-reactive ketones (excluding diaryl/α,β-unsaturated/α-hetero) is 1. The third kappa shape index (κ3) is 1.54. The highest BCUT2D eigenvalue weighted by atomic mass is 16.5. The topological polar surface area (TPSA) is 68.1 Å². The standard InChI is InChI=1S/C11H12N2O2/c1-6(14)9-5-8-10(13-9)3-7(12)4-11(8)15-2/h3-5,13H,12H2,1-2H3. The quantitative estimate of drug-likeness (QED) is 0.580. The van der Waals surface area contributed by atoms with Gasteiger partial charge < -0.3 is 15.5 Å². The van der Waals surface area contributed by atoms with E-state index in [4.69, 9.17) is 10.5 Å². The Labute approximate surface area is 87.0 Å². The van der Waals surface area contributed by atoms with Crippen LogP contribution in [0.1, 0.15) is 17.4 Å². The van der Waals surface area contributed by atoms with Crippen LogP contribution in [0.3, 0.4) is 0 Å². The van der Waals surface area contributed by atoms with E-state index in [0.717, 1.165) is 10.9 Å². The van der Waals surface area contributed by atoms with Crippen LogP contribution in [0.4, 0.5) is 5.69 Å². The molecule has 0 atom stereocenters. The summed E-state index contributed by atoms with van der Waals surface area (Å²) in [5.41, 5.74) is 7.69. The molecule has 4 nitrogen and oxygen atoms in total. The summed E-state index contributed by atoms with van der Waals surface area (Å²) >= 11 is 0. The van der Waals surface area contributed by atoms with Crippen LogP contribution < -0.4 is 10.5 Å². The number of aromatic nitrogens is 1. The molecule has 4 heteroatoms. The Hall–Kier alpha value is -1.97. The third-order valence-corrected chi connectivity index (χ3v) is 2.32. The zero-order chi connectivity index (χ0) is 11.0. The van der Waals surface area contributed by atoms with Gasteiger partial charge in [0.1, 0.15) is 5.75 Å². The van der Waals surface area contributed by atoms with Crippen molar-refractivity contribution >= 4 is 22.4 Å². The summed E-state index contributed by atoms with van der Waals surface area (Å²) in [6, 6.07) is 5.29. The van der Waals surface area contributed by atoms with Gasteiger partial charge in [-0.05, 0) is 12.1 Å². The molecule has 1 aromatic heterocycles. The number of carbonyl (C=O) groups excluding carboxylic acids is 1. The number of nitrogens with one attached hydrogen (secondary N) is 1. The number of ether oxygens (including phenoxy) is 1. The molecule has 0 spiro atoms. The van der Waals surface area contributed by atoms with E-state index in [1.807, 2.05) is 0 Å². The van der Waals surface area contributed by atoms with Crippen LogP contribution in [0.15, 0.2) is 18.2 Å². The lowest BCUT2D eigenvalue weighted by Crippen LogP contribution is -1.90. The number of nitrogens with two attached hydrogens (primary N) is 1. The minimum absolute atomic E-state index is 0.00757. The molecule has 0 fully saturated rings. The van der Waals surface area contributed by atoms with E-state index in [1.54, 1.807) is 25.3 Å². The Morgan fingerprint density at radius 2 is 2.13 bits per heavy atom. The number of benzene rings is 1. The summed E-state index contributed by atoms with van der Waals surface area (Å²) in [6.07, 6.45) is 0. The van der Waals surface area contributed by atoms with E-state index in [9.17, 15) is 4.79 Å². The molecule has 0 aliphatic rings. The molecule has 1 aromatic carbocycles. The van der Waals surface area contributed by atoms with Gasteiger partial charge in [-0.25, -0.2) is 0 Å². The first kappa shape index (κ1) is 9.58. The number of methoxy groups -OCH3 is 1. The van der Waals surface area contributed by atoms with Gasteiger partial charge in [0.15, 0.2) is 5.78 Å². The van der Waals surface area contributed by atoms with Crippen molar-refractivity contribution in [2.24, 2.45) is 0 Å². The van der Waals surface area contributed by atoms with Crippen molar-refractivity contribution in [2.75, 3.05) is 12.8 Å². The van der Waals surface area contributed by atoms with Crippen LogP contribution in [0.25, 0.3) is 10.9 Å². The Morgan fingerprint density at radius 1 is 1.40 bits per heavy atom. The fraction of sp³-hybridized carbons (Fsp3) is 0.182. The number of carbonyl (C=O) groups is 1. The molecular weight excluding hydrogens is 192 g/mol. The van der Waals surface area contributed by atoms with E-state index < -0.39 is 0 Å². The minimum atomic E-state index is -0.00757. The molecular formula is C11H12N2O2. The van der Waals surface area contributed by atoms with E-state index in [2.05, 4.69) is 4.98 Å². The fourth-order valence-electron chi connectivity index (χ4n) is 1.58. The van der Waals surface area contributed by atoms with Gasteiger partial charge in [-0.15, -0.1) is 0 Å². The maximum atomic E-state index is 11.2. The van der Waals surface area contributed by atoms with Crippen molar-refractivity contribution in [2.45, 2.75) is 6.92 Å². The number of ketones is 1. The molecule has 0 aliphatic heterocycles. The summed E-state index contributed by atoms with van der Waals surface area (Å²) in [6.45, 7) is 1.51. The molecule has 2 aromatic rings. The van der Waals surface area contributed by atoms with E-state index in [1.165, 1.54) is 6.92 Å². The molecule has 2 rings (SSSR count). The van der Waals surface area contributed by atoms with Crippen molar-refractivity contribution in [3.8, 4) is 5.75 Å². The molecule has 3 N–H and O–H groups in total. The fourth-order valence-corrected chi connectivity index (χ4v) is 1.58. The smallest absolute Gasteiger partial charge is 0.175 e. The number of aromatic amines is 1. The summed E-state index contributed by atoms with van der Waals surface area (Å²) in [5.74, 6) is 0.667. The van der Waals surface area contributed by atoms with Crippen LogP contribution in [-0.4, -0.2) is 17.9 Å². The second-order valence-corrected chi connectivity index (χ2v) is 3.42. The predicted octanol–water partition coefficient (Wildman–Crippen LogP) is 1.96. The van der Waals surface area contributed by atoms with Crippen LogP contribution in [0.2, 0.25) is 0 Å². The molecule has 15 heavy (non-hydrogen) atoms. The van der Waals surface area contributed by atoms with Gasteiger partial charge in [-0.1, -0.05) is 0 Å². The summed E-state index contributed by atoms with van der Waals surface area (Å²) < 4.78 is 5.19. The van der Waals surface area contributed by atoms with Crippen LogP contribution >= 0.6 is 0 Å². The largest absolute Gasteiger partial charge is 0.496 e. The average molecular weight is 204 g/mol. The van der Waals surface area contributed by atoms with Gasteiger partial charge in [0.05, 0.1) is 18.3 Å². The first-order valence-corrected chi connectivity index (χ1v) is 4.59. The highest BCUT2D eigenvalue weighted by Crippen LogP contribution is 2.29. The molecule has 0 bridgehead atoms. The summed E-state index contributed by atoms with van der Waals surface area (Å²) in [7, 11) is 1.58. The Kier molecular flexibility index (Phi) is 2.11. The van der Waals surface area contributed by atoms with Gasteiger partial charge in [0.25, 0.3) is 0 Å². The minimum Gasteiger partial charge on any atom is -0.496 e. The van der Waals surface area contributed by atoms with Crippen molar-refractivity contribution < 1.29 is 9.53 Å². The van der Waals surface area contributed by atoms with E-state index in [0.29, 0.717) is 17.1 Å². The number of rotatable bonds is 2. The first-order valence-electron chi connectivity index (χ1n) is 4.59. The number of H-pyrrole nitrogens is 1. The lowest BCUT2D eigenvalue weighted by atomic mass is 10.2. The molecule has 0 saturated carbocycles. The van der Waals surface area contributed by atoms with E-state index in [-0.39, 0.29) is 5.78 Å². The van der Waals surface area contributed by atoms with Crippen LogP contribution in [0, 0.1) is 0 Å². The Balaban J connectivity index is 2.74. The van der Waals surface area contributed by atoms with Gasteiger partial charge >= 0.3 is 0 Å². The molecule has 0 amide bonds. The second-order valence-electron chi connectivity index (χ2n) is 3.42. The number of hydrogen-bond donors (Lipinski definition) is 2. The SMILES string of the molecule is COc1cc(N)cc2[nH]c(C(C)=O)cc12. The van der Waals surface area contributed by atoms with Crippen molar-refractivity contribution in [3.63, 3.8) is 0 Å². The van der Waals surface area contributed by atoms with E-state index >= 15 is 0 Å². The number of fused-ring (bicyclic) bond motifs is 1. The monoisotopic (exact) mass is 204 g/mol. The molecule has 0 saturated heterocycles. The van der Waals surface area contributed by atoms with Crippen LogP contribution in [0.5, 0.6) is 5.75 Å². The highest BCUT2D eigenvalue weighted by molar-refractivity contribution is 6.00. The Bertz CT molecular complexity index is 529. The second kappa shape index (κ2) is 3.31. The summed E-state index contributed by atoms with van der Waals surface area (Å²) in [4.78, 5) is 14.2. The van der Waals surface area contributed by atoms with Crippen molar-refractivity contribution in [1.82, 2.24) is 4.98 Å². The molecule has 1 heterocycles. The van der Waals surface area contributed by atoms with Crippen LogP contribution in [-0.2, 0) is 0 Å². The maximum Gasteiger partial charge on any atom is 0.175 e. The normalized spacial score (nSPS) is 10.5. The molecule has 0 aliphatic carbocycles. The predicted molar refractivity (Wildman–Crippen MR) is 59.3 cm³/mol. The van der Waals surface area contributed by atoms with Crippen molar-refractivity contribution in [1.29, 1.82) is 0 Å². The lowest BCUT2D eigenvalue weighted by molar-refractivity contribution is 0.101. The maximum absolute atomic E-state index is 11.2. The number of anilines is 1. The average Bonchev–Trinajstić information content (AvgIpc) is 2.59. The van der Waals surface area contributed by atoms with Gasteiger partial charge in [0.2, 0.25) is 0 Å². The first-order chi connectivity index (χ1) is 7.11. The number of hydrogen-bond acceptors (Lipinski definition) is 3. The lowest BCUT2D eigenvalue weighted by Gasteiger charge is -2.02. The third-order valence-electron chi connectivity index (χ3n) is 2.32. The Morgan fingerprint density at radius 3 is 2.73 bits per heavy atom. The molecule has 78 valence electrons. The zero-order valence-electron chi connectivity index (χ0n) is 8.63. The zero-order valence-corrected chi connectivity index (χ0v) is 8.63. The van der Waals surface area contributed by atoms with Gasteiger partial charge in [-0.2, -0.15) is 0 Å². The van der Waals surface area contributed by atoms with Crippen molar-refractivity contribution in [3.05, 3.63) is 23.9 Å².